The molecule has 1 amide bonds. The van der Waals surface area contributed by atoms with E-state index < -0.39 is 0 Å². The molecule has 0 aromatic heterocycles. The highest BCUT2D eigenvalue weighted by Crippen LogP contribution is 2.24. The van der Waals surface area contributed by atoms with Crippen molar-refractivity contribution in [1.29, 1.82) is 0 Å². The van der Waals surface area contributed by atoms with Crippen molar-refractivity contribution < 1.29 is 9.53 Å². The molecule has 110 valence electrons. The summed E-state index contributed by atoms with van der Waals surface area (Å²) in [4.78, 5) is 11.7. The molecule has 1 atom stereocenters. The number of carbonyl (C=O) groups is 1. The first-order chi connectivity index (χ1) is 9.65. The molecule has 1 saturated heterocycles. The largest absolute Gasteiger partial charge is 0.376 e. The summed E-state index contributed by atoms with van der Waals surface area (Å²) >= 11 is 13.4. The molecule has 1 aromatic rings. The summed E-state index contributed by atoms with van der Waals surface area (Å²) in [6.45, 7) is 1.43. The summed E-state index contributed by atoms with van der Waals surface area (Å²) in [5.74, 6) is 1.22. The molecule has 2 rings (SSSR count). The summed E-state index contributed by atoms with van der Waals surface area (Å²) in [6, 6.07) is 5.53. The predicted octanol–water partition coefficient (Wildman–Crippen LogP) is 3.52. The van der Waals surface area contributed by atoms with Crippen molar-refractivity contribution in [2.45, 2.75) is 24.7 Å². The fraction of sp³-hybridized carbons (Fsp3) is 0.500. The highest BCUT2D eigenvalue weighted by molar-refractivity contribution is 7.99. The Morgan fingerprint density at radius 2 is 2.25 bits per heavy atom. The van der Waals surface area contributed by atoms with Gasteiger partial charge in [0.25, 0.3) is 0 Å². The summed E-state index contributed by atoms with van der Waals surface area (Å²) in [6.07, 6.45) is 2.32. The van der Waals surface area contributed by atoms with Crippen LogP contribution in [0.1, 0.15) is 18.4 Å². The molecule has 20 heavy (non-hydrogen) atoms. The molecule has 1 aromatic carbocycles. The molecule has 0 unspecified atom stereocenters. The SMILES string of the molecule is O=C(CSCc1ccc(Cl)c(Cl)c1)NC[C@H]1CCCO1. The van der Waals surface area contributed by atoms with Crippen molar-refractivity contribution in [2.75, 3.05) is 18.9 Å². The van der Waals surface area contributed by atoms with E-state index in [4.69, 9.17) is 27.9 Å². The van der Waals surface area contributed by atoms with Crippen molar-refractivity contribution in [3.05, 3.63) is 33.8 Å². The average molecular weight is 334 g/mol. The van der Waals surface area contributed by atoms with Gasteiger partial charge in [-0.25, -0.2) is 0 Å². The number of hydrogen-bond acceptors (Lipinski definition) is 3. The molecule has 0 bridgehead atoms. The van der Waals surface area contributed by atoms with E-state index in [-0.39, 0.29) is 12.0 Å². The molecule has 1 aliphatic rings. The molecule has 1 N–H and O–H groups in total. The second-order valence-electron chi connectivity index (χ2n) is 4.68. The first kappa shape index (κ1) is 16.0. The molecule has 0 spiro atoms. The predicted molar refractivity (Wildman–Crippen MR) is 84.6 cm³/mol. The van der Waals surface area contributed by atoms with Crippen LogP contribution in [0, 0.1) is 0 Å². The number of carbonyl (C=O) groups excluding carboxylic acids is 1. The Hall–Kier alpha value is -0.420. The van der Waals surface area contributed by atoms with Gasteiger partial charge in [0.2, 0.25) is 5.91 Å². The maximum atomic E-state index is 11.7. The lowest BCUT2D eigenvalue weighted by Crippen LogP contribution is -2.32. The van der Waals surface area contributed by atoms with Gasteiger partial charge in [-0.15, -0.1) is 11.8 Å². The van der Waals surface area contributed by atoms with Gasteiger partial charge in [-0.1, -0.05) is 29.3 Å². The van der Waals surface area contributed by atoms with Crippen molar-refractivity contribution in [2.24, 2.45) is 0 Å². The number of ether oxygens (including phenoxy) is 1. The number of rotatable bonds is 6. The van der Waals surface area contributed by atoms with Gasteiger partial charge in [-0.05, 0) is 30.5 Å². The lowest BCUT2D eigenvalue weighted by molar-refractivity contribution is -0.119. The monoisotopic (exact) mass is 333 g/mol. The van der Waals surface area contributed by atoms with E-state index >= 15 is 0 Å². The van der Waals surface area contributed by atoms with Gasteiger partial charge < -0.3 is 10.1 Å². The van der Waals surface area contributed by atoms with Gasteiger partial charge in [0.15, 0.2) is 0 Å². The molecule has 1 aliphatic heterocycles. The molecule has 1 fully saturated rings. The first-order valence-corrected chi connectivity index (χ1v) is 8.46. The van der Waals surface area contributed by atoms with Crippen LogP contribution >= 0.6 is 35.0 Å². The third-order valence-corrected chi connectivity index (χ3v) is 4.78. The minimum Gasteiger partial charge on any atom is -0.376 e. The van der Waals surface area contributed by atoms with Crippen molar-refractivity contribution in [3.8, 4) is 0 Å². The zero-order valence-electron chi connectivity index (χ0n) is 11.0. The summed E-state index contributed by atoms with van der Waals surface area (Å²) in [7, 11) is 0. The average Bonchev–Trinajstić information content (AvgIpc) is 2.94. The standard InChI is InChI=1S/C14H17Cl2NO2S/c15-12-4-3-10(6-13(12)16)8-20-9-14(18)17-7-11-2-1-5-19-11/h3-4,6,11H,1-2,5,7-9H2,(H,17,18)/t11-/m1/s1. The highest BCUT2D eigenvalue weighted by atomic mass is 35.5. The van der Waals surface area contributed by atoms with Crippen molar-refractivity contribution in [3.63, 3.8) is 0 Å². The summed E-state index contributed by atoms with van der Waals surface area (Å²) in [5, 5.41) is 4.00. The van der Waals surface area contributed by atoms with Crippen LogP contribution in [-0.4, -0.2) is 30.9 Å². The first-order valence-electron chi connectivity index (χ1n) is 6.55. The number of benzene rings is 1. The number of amides is 1. The molecule has 3 nitrogen and oxygen atoms in total. The van der Waals surface area contributed by atoms with E-state index in [9.17, 15) is 4.79 Å². The van der Waals surface area contributed by atoms with Gasteiger partial charge in [-0.3, -0.25) is 4.79 Å². The summed E-state index contributed by atoms with van der Waals surface area (Å²) in [5.41, 5.74) is 1.07. The van der Waals surface area contributed by atoms with E-state index in [1.165, 1.54) is 0 Å². The van der Waals surface area contributed by atoms with E-state index in [0.717, 1.165) is 30.8 Å². The molecular formula is C14H17Cl2NO2S. The third-order valence-electron chi connectivity index (χ3n) is 3.04. The van der Waals surface area contributed by atoms with Crippen LogP contribution in [0.3, 0.4) is 0 Å². The maximum absolute atomic E-state index is 11.7. The molecule has 0 saturated carbocycles. The van der Waals surface area contributed by atoms with Gasteiger partial charge in [0, 0.05) is 18.9 Å². The Balaban J connectivity index is 1.64. The second-order valence-corrected chi connectivity index (χ2v) is 6.48. The zero-order valence-corrected chi connectivity index (χ0v) is 13.4. The second kappa shape index (κ2) is 8.13. The van der Waals surface area contributed by atoms with Gasteiger partial charge in [0.1, 0.15) is 0 Å². The topological polar surface area (TPSA) is 38.3 Å². The normalized spacial score (nSPS) is 18.2. The smallest absolute Gasteiger partial charge is 0.230 e. The molecule has 0 aliphatic carbocycles. The van der Waals surface area contributed by atoms with Crippen LogP contribution in [0.2, 0.25) is 10.0 Å². The Morgan fingerprint density at radius 1 is 1.40 bits per heavy atom. The molecule has 0 radical (unpaired) electrons. The molecular weight excluding hydrogens is 317 g/mol. The van der Waals surface area contributed by atoms with Gasteiger partial charge in [-0.2, -0.15) is 0 Å². The minimum atomic E-state index is 0.0468. The summed E-state index contributed by atoms with van der Waals surface area (Å²) < 4.78 is 5.45. The quantitative estimate of drug-likeness (QED) is 0.865. The fourth-order valence-corrected chi connectivity index (χ4v) is 3.10. The number of nitrogens with one attached hydrogen (secondary N) is 1. The number of thioether (sulfide) groups is 1. The Bertz CT molecular complexity index is 464. The van der Waals surface area contributed by atoms with E-state index in [0.29, 0.717) is 22.3 Å². The highest BCUT2D eigenvalue weighted by Gasteiger charge is 2.15. The van der Waals surface area contributed by atoms with E-state index in [1.807, 2.05) is 12.1 Å². The van der Waals surface area contributed by atoms with Crippen LogP contribution in [0.25, 0.3) is 0 Å². The van der Waals surface area contributed by atoms with Crippen LogP contribution in [0.15, 0.2) is 18.2 Å². The Morgan fingerprint density at radius 3 is 2.95 bits per heavy atom. The van der Waals surface area contributed by atoms with E-state index in [2.05, 4.69) is 5.32 Å². The Labute approximate surface area is 133 Å². The lowest BCUT2D eigenvalue weighted by Gasteiger charge is -2.10. The Kier molecular flexibility index (Phi) is 6.49. The maximum Gasteiger partial charge on any atom is 0.230 e. The van der Waals surface area contributed by atoms with E-state index in [1.54, 1.807) is 17.8 Å². The van der Waals surface area contributed by atoms with Crippen LogP contribution in [0.4, 0.5) is 0 Å². The third kappa shape index (κ3) is 5.17. The van der Waals surface area contributed by atoms with Crippen LogP contribution < -0.4 is 5.32 Å². The van der Waals surface area contributed by atoms with Crippen molar-refractivity contribution >= 4 is 40.9 Å². The number of hydrogen-bond donors (Lipinski definition) is 1. The fourth-order valence-electron chi connectivity index (χ4n) is 1.98. The van der Waals surface area contributed by atoms with Gasteiger partial charge in [0.05, 0.1) is 21.9 Å². The minimum absolute atomic E-state index is 0.0468. The van der Waals surface area contributed by atoms with Crippen molar-refractivity contribution in [1.82, 2.24) is 5.32 Å². The number of halogens is 2. The molecule has 6 heteroatoms. The zero-order chi connectivity index (χ0) is 14.4. The van der Waals surface area contributed by atoms with Crippen LogP contribution in [-0.2, 0) is 15.3 Å². The van der Waals surface area contributed by atoms with Crippen LogP contribution in [0.5, 0.6) is 0 Å². The molecule has 1 heterocycles. The van der Waals surface area contributed by atoms with Gasteiger partial charge >= 0.3 is 0 Å². The lowest BCUT2D eigenvalue weighted by atomic mass is 10.2.